The molecule has 2 unspecified atom stereocenters. The van der Waals surface area contributed by atoms with Crippen molar-refractivity contribution in [2.24, 2.45) is 11.8 Å². The highest BCUT2D eigenvalue weighted by molar-refractivity contribution is 5.17. The van der Waals surface area contributed by atoms with Crippen LogP contribution in [0.3, 0.4) is 0 Å². The summed E-state index contributed by atoms with van der Waals surface area (Å²) in [7, 11) is 0. The third-order valence-electron chi connectivity index (χ3n) is 3.77. The molecule has 0 fully saturated rings. The van der Waals surface area contributed by atoms with E-state index in [4.69, 9.17) is 0 Å². The molecule has 102 valence electrons. The molecule has 2 N–H and O–H groups in total. The van der Waals surface area contributed by atoms with Crippen molar-refractivity contribution in [2.45, 2.75) is 26.7 Å². The molecule has 2 aromatic carbocycles. The average Bonchev–Trinajstić information content (AvgIpc) is 2.41. The van der Waals surface area contributed by atoms with Gasteiger partial charge in [0.25, 0.3) is 0 Å². The maximum absolute atomic E-state index is 2.36. The fourth-order valence-corrected chi connectivity index (χ4v) is 2.37. The van der Waals surface area contributed by atoms with Gasteiger partial charge in [0.05, 0.1) is 0 Å². The van der Waals surface area contributed by atoms with Gasteiger partial charge in [-0.1, -0.05) is 74.5 Å². The Morgan fingerprint density at radius 1 is 0.632 bits per heavy atom. The van der Waals surface area contributed by atoms with Gasteiger partial charge >= 0.3 is 0 Å². The Bertz CT molecular complexity index is 404. The van der Waals surface area contributed by atoms with E-state index in [1.807, 2.05) is 0 Å². The lowest BCUT2D eigenvalue weighted by atomic mass is 9.85. The minimum absolute atomic E-state index is 0. The molecular weight excluding hydrogens is 232 g/mol. The van der Waals surface area contributed by atoms with E-state index in [1.165, 1.54) is 24.0 Å². The third kappa shape index (κ3) is 4.88. The van der Waals surface area contributed by atoms with E-state index in [-0.39, 0.29) is 5.48 Å². The van der Waals surface area contributed by atoms with Gasteiger partial charge in [-0.15, -0.1) is 0 Å². The van der Waals surface area contributed by atoms with Crippen LogP contribution in [0.25, 0.3) is 0 Å². The predicted molar refractivity (Wildman–Crippen MR) is 82.2 cm³/mol. The first-order valence-electron chi connectivity index (χ1n) is 6.83. The highest BCUT2D eigenvalue weighted by Gasteiger charge is 2.13. The molecule has 0 aromatic heterocycles. The lowest BCUT2D eigenvalue weighted by Gasteiger charge is -2.20. The van der Waals surface area contributed by atoms with Crippen LogP contribution in [0.4, 0.5) is 0 Å². The fourth-order valence-electron chi connectivity index (χ4n) is 2.37. The smallest absolute Gasteiger partial charge is 0.0250 e. The van der Waals surface area contributed by atoms with Crippen LogP contribution < -0.4 is 0 Å². The van der Waals surface area contributed by atoms with Gasteiger partial charge in [0, 0.05) is 0 Å². The van der Waals surface area contributed by atoms with E-state index in [1.54, 1.807) is 0 Å². The topological polar surface area (TPSA) is 31.5 Å². The molecule has 0 amide bonds. The summed E-state index contributed by atoms with van der Waals surface area (Å²) in [4.78, 5) is 0. The van der Waals surface area contributed by atoms with Gasteiger partial charge < -0.3 is 5.48 Å². The summed E-state index contributed by atoms with van der Waals surface area (Å²) in [6, 6.07) is 21.6. The normalized spacial score (nSPS) is 13.4. The number of hydrogen-bond donors (Lipinski definition) is 0. The predicted octanol–water partition coefficient (Wildman–Crippen LogP) is 3.92. The zero-order valence-electron chi connectivity index (χ0n) is 11.8. The summed E-state index contributed by atoms with van der Waals surface area (Å²) in [6.07, 6.45) is 2.35. The molecule has 0 heterocycles. The SMILES string of the molecule is CC(Cc1ccccc1)C(C)Cc1ccccc1.O. The zero-order chi connectivity index (χ0) is 12.8. The summed E-state index contributed by atoms with van der Waals surface area (Å²) in [5.74, 6) is 1.43. The van der Waals surface area contributed by atoms with Gasteiger partial charge in [0.1, 0.15) is 0 Å². The first-order chi connectivity index (χ1) is 8.75. The van der Waals surface area contributed by atoms with Crippen LogP contribution >= 0.6 is 0 Å². The standard InChI is InChI=1S/C18H22.H2O/c1-15(13-17-9-5-3-6-10-17)16(2)14-18-11-7-4-8-12-18;/h3-12,15-16H,13-14H2,1-2H3;1H2. The Balaban J connectivity index is 0.00000180. The molecule has 2 aromatic rings. The van der Waals surface area contributed by atoms with E-state index in [2.05, 4.69) is 74.5 Å². The minimum Gasteiger partial charge on any atom is -0.412 e. The molecule has 0 saturated carbocycles. The lowest BCUT2D eigenvalue weighted by molar-refractivity contribution is 0.383. The van der Waals surface area contributed by atoms with Gasteiger partial charge in [-0.25, -0.2) is 0 Å². The Morgan fingerprint density at radius 3 is 1.26 bits per heavy atom. The van der Waals surface area contributed by atoms with E-state index in [9.17, 15) is 0 Å². The second-order valence-electron chi connectivity index (χ2n) is 5.33. The van der Waals surface area contributed by atoms with Crippen LogP contribution in [0.15, 0.2) is 60.7 Å². The van der Waals surface area contributed by atoms with Crippen molar-refractivity contribution >= 4 is 0 Å². The molecule has 0 spiro atoms. The van der Waals surface area contributed by atoms with Crippen LogP contribution in [-0.4, -0.2) is 5.48 Å². The second-order valence-corrected chi connectivity index (χ2v) is 5.33. The van der Waals surface area contributed by atoms with Crippen molar-refractivity contribution in [2.75, 3.05) is 0 Å². The molecule has 0 bridgehead atoms. The van der Waals surface area contributed by atoms with Crippen LogP contribution in [0.2, 0.25) is 0 Å². The van der Waals surface area contributed by atoms with Crippen molar-refractivity contribution in [3.05, 3.63) is 71.8 Å². The fraction of sp³-hybridized carbons (Fsp3) is 0.333. The van der Waals surface area contributed by atoms with Gasteiger partial charge in [0.2, 0.25) is 0 Å². The zero-order valence-corrected chi connectivity index (χ0v) is 11.8. The molecule has 0 aliphatic rings. The molecule has 1 nitrogen and oxygen atoms in total. The van der Waals surface area contributed by atoms with Crippen molar-refractivity contribution in [3.8, 4) is 0 Å². The minimum atomic E-state index is 0. The molecule has 0 radical (unpaired) electrons. The summed E-state index contributed by atoms with van der Waals surface area (Å²) >= 11 is 0. The first kappa shape index (κ1) is 15.5. The van der Waals surface area contributed by atoms with Crippen LogP contribution in [-0.2, 0) is 12.8 Å². The van der Waals surface area contributed by atoms with Gasteiger partial charge in [-0.05, 0) is 35.8 Å². The van der Waals surface area contributed by atoms with E-state index >= 15 is 0 Å². The summed E-state index contributed by atoms with van der Waals surface area (Å²) in [5, 5.41) is 0. The molecule has 0 aliphatic heterocycles. The van der Waals surface area contributed by atoms with Crippen molar-refractivity contribution in [1.82, 2.24) is 0 Å². The molecule has 1 heteroatoms. The molecule has 0 aliphatic carbocycles. The van der Waals surface area contributed by atoms with Crippen molar-refractivity contribution < 1.29 is 5.48 Å². The van der Waals surface area contributed by atoms with Gasteiger partial charge in [-0.2, -0.15) is 0 Å². The van der Waals surface area contributed by atoms with Crippen molar-refractivity contribution in [3.63, 3.8) is 0 Å². The molecular formula is C18H24O. The Kier molecular flexibility index (Phi) is 6.31. The molecule has 2 atom stereocenters. The quantitative estimate of drug-likeness (QED) is 0.776. The maximum atomic E-state index is 2.36. The maximum Gasteiger partial charge on any atom is -0.0250 e. The number of benzene rings is 2. The van der Waals surface area contributed by atoms with E-state index in [0.29, 0.717) is 11.8 Å². The Hall–Kier alpha value is -1.60. The lowest BCUT2D eigenvalue weighted by Crippen LogP contribution is -2.13. The third-order valence-corrected chi connectivity index (χ3v) is 3.77. The second kappa shape index (κ2) is 7.75. The van der Waals surface area contributed by atoms with Crippen LogP contribution in [0.1, 0.15) is 25.0 Å². The largest absolute Gasteiger partial charge is 0.412 e. The van der Waals surface area contributed by atoms with Crippen molar-refractivity contribution in [1.29, 1.82) is 0 Å². The number of hydrogen-bond acceptors (Lipinski definition) is 0. The molecule has 2 rings (SSSR count). The van der Waals surface area contributed by atoms with Gasteiger partial charge in [-0.3, -0.25) is 0 Å². The summed E-state index contributed by atoms with van der Waals surface area (Å²) in [5.41, 5.74) is 2.90. The van der Waals surface area contributed by atoms with Crippen LogP contribution in [0, 0.1) is 11.8 Å². The Morgan fingerprint density at radius 2 is 0.947 bits per heavy atom. The first-order valence-corrected chi connectivity index (χ1v) is 6.83. The van der Waals surface area contributed by atoms with E-state index in [0.717, 1.165) is 0 Å². The molecule has 0 saturated heterocycles. The number of rotatable bonds is 5. The average molecular weight is 256 g/mol. The monoisotopic (exact) mass is 256 g/mol. The highest BCUT2D eigenvalue weighted by atomic mass is 16.0. The summed E-state index contributed by atoms with van der Waals surface area (Å²) in [6.45, 7) is 4.72. The van der Waals surface area contributed by atoms with Crippen LogP contribution in [0.5, 0.6) is 0 Å². The van der Waals surface area contributed by atoms with E-state index < -0.39 is 0 Å². The molecule has 19 heavy (non-hydrogen) atoms. The summed E-state index contributed by atoms with van der Waals surface area (Å²) < 4.78 is 0. The van der Waals surface area contributed by atoms with Gasteiger partial charge in [0.15, 0.2) is 0 Å². The Labute approximate surface area is 116 Å². The highest BCUT2D eigenvalue weighted by Crippen LogP contribution is 2.20.